The Balaban J connectivity index is 3.01. The van der Waals surface area contributed by atoms with Crippen LogP contribution >= 0.6 is 11.3 Å². The van der Waals surface area contributed by atoms with E-state index in [1.54, 1.807) is 0 Å². The Bertz CT molecular complexity index is 449. The first-order chi connectivity index (χ1) is 8.62. The van der Waals surface area contributed by atoms with Gasteiger partial charge >= 0.3 is 5.97 Å². The third kappa shape index (κ3) is 4.18. The molecular formula is C13H23N3O2S. The molecule has 0 bridgehead atoms. The van der Waals surface area contributed by atoms with E-state index < -0.39 is 5.97 Å². The van der Waals surface area contributed by atoms with Crippen LogP contribution in [0.2, 0.25) is 0 Å². The van der Waals surface area contributed by atoms with E-state index in [0.717, 1.165) is 18.2 Å². The molecule has 6 heteroatoms. The first-order valence-electron chi connectivity index (χ1n) is 6.23. The topological polar surface area (TPSA) is 56.7 Å². The second-order valence-electron chi connectivity index (χ2n) is 5.95. The Morgan fingerprint density at radius 3 is 2.21 bits per heavy atom. The molecule has 108 valence electrons. The van der Waals surface area contributed by atoms with Crippen molar-refractivity contribution in [3.8, 4) is 0 Å². The lowest BCUT2D eigenvalue weighted by molar-refractivity contribution is 0.0699. The van der Waals surface area contributed by atoms with Gasteiger partial charge in [-0.05, 0) is 14.1 Å². The molecule has 5 nitrogen and oxygen atoms in total. The molecular weight excluding hydrogens is 262 g/mol. The van der Waals surface area contributed by atoms with Gasteiger partial charge in [0.1, 0.15) is 4.88 Å². The SMILES string of the molecule is CN(C)CCN(C)c1nc(C(C)(C)C)c(C(=O)O)s1. The van der Waals surface area contributed by atoms with Gasteiger partial charge in [-0.1, -0.05) is 32.1 Å². The van der Waals surface area contributed by atoms with Crippen molar-refractivity contribution in [2.24, 2.45) is 0 Å². The minimum atomic E-state index is -0.894. The maximum absolute atomic E-state index is 11.3. The molecule has 0 aromatic carbocycles. The molecule has 0 aliphatic rings. The van der Waals surface area contributed by atoms with E-state index in [1.165, 1.54) is 11.3 Å². The number of likely N-dealkylation sites (N-methyl/N-ethyl adjacent to an activating group) is 2. The third-order valence-corrected chi connectivity index (χ3v) is 3.89. The number of aromatic carboxylic acids is 1. The number of nitrogens with zero attached hydrogens (tertiary/aromatic N) is 3. The maximum Gasteiger partial charge on any atom is 0.347 e. The van der Waals surface area contributed by atoms with Gasteiger partial charge in [-0.25, -0.2) is 9.78 Å². The molecule has 0 unspecified atom stereocenters. The molecule has 0 radical (unpaired) electrons. The second kappa shape index (κ2) is 5.88. The highest BCUT2D eigenvalue weighted by molar-refractivity contribution is 7.17. The van der Waals surface area contributed by atoms with Gasteiger partial charge in [0.05, 0.1) is 5.69 Å². The number of hydrogen-bond acceptors (Lipinski definition) is 5. The van der Waals surface area contributed by atoms with Gasteiger partial charge in [0, 0.05) is 25.6 Å². The number of hydrogen-bond donors (Lipinski definition) is 1. The summed E-state index contributed by atoms with van der Waals surface area (Å²) >= 11 is 1.25. The fraction of sp³-hybridized carbons (Fsp3) is 0.692. The summed E-state index contributed by atoms with van der Waals surface area (Å²) in [5.41, 5.74) is 0.405. The number of carboxylic acids is 1. The number of carboxylic acid groups (broad SMARTS) is 1. The second-order valence-corrected chi connectivity index (χ2v) is 6.93. The molecule has 0 saturated heterocycles. The largest absolute Gasteiger partial charge is 0.477 e. The van der Waals surface area contributed by atoms with Crippen LogP contribution in [0.25, 0.3) is 0 Å². The normalized spacial score (nSPS) is 11.9. The zero-order valence-electron chi connectivity index (χ0n) is 12.5. The van der Waals surface area contributed by atoms with Crippen LogP contribution in [0, 0.1) is 0 Å². The average molecular weight is 285 g/mol. The van der Waals surface area contributed by atoms with Gasteiger partial charge in [0.2, 0.25) is 0 Å². The van der Waals surface area contributed by atoms with Crippen molar-refractivity contribution in [3.63, 3.8) is 0 Å². The smallest absolute Gasteiger partial charge is 0.347 e. The van der Waals surface area contributed by atoms with Crippen molar-refractivity contribution in [1.29, 1.82) is 0 Å². The minimum Gasteiger partial charge on any atom is -0.477 e. The van der Waals surface area contributed by atoms with Crippen molar-refractivity contribution in [2.75, 3.05) is 39.1 Å². The molecule has 1 rings (SSSR count). The van der Waals surface area contributed by atoms with Crippen LogP contribution in [0.3, 0.4) is 0 Å². The number of carbonyl (C=O) groups is 1. The zero-order valence-corrected chi connectivity index (χ0v) is 13.3. The molecule has 1 heterocycles. The molecule has 0 aliphatic carbocycles. The lowest BCUT2D eigenvalue weighted by atomic mass is 9.91. The Hall–Kier alpha value is -1.14. The minimum absolute atomic E-state index is 0.259. The molecule has 0 fully saturated rings. The van der Waals surface area contributed by atoms with Gasteiger partial charge in [0.25, 0.3) is 0 Å². The zero-order chi connectivity index (χ0) is 14.8. The first-order valence-corrected chi connectivity index (χ1v) is 7.05. The number of rotatable bonds is 5. The van der Waals surface area contributed by atoms with Crippen LogP contribution in [0.1, 0.15) is 36.1 Å². The molecule has 0 atom stereocenters. The molecule has 1 N–H and O–H groups in total. The van der Waals surface area contributed by atoms with Crippen molar-refractivity contribution < 1.29 is 9.90 Å². The summed E-state index contributed by atoms with van der Waals surface area (Å²) in [5, 5.41) is 10.1. The highest BCUT2D eigenvalue weighted by atomic mass is 32.1. The third-order valence-electron chi connectivity index (χ3n) is 2.73. The summed E-state index contributed by atoms with van der Waals surface area (Å²) in [4.78, 5) is 20.3. The monoisotopic (exact) mass is 285 g/mol. The Kier molecular flexibility index (Phi) is 4.92. The Morgan fingerprint density at radius 1 is 1.26 bits per heavy atom. The molecule has 0 aliphatic heterocycles. The van der Waals surface area contributed by atoms with E-state index in [0.29, 0.717) is 10.6 Å². The standard InChI is InChI=1S/C13H23N3O2S/c1-13(2,3)10-9(11(17)18)19-12(14-10)16(6)8-7-15(4)5/h7-8H2,1-6H3,(H,17,18). The molecule has 1 aromatic rings. The van der Waals surface area contributed by atoms with Crippen LogP contribution in [0.4, 0.5) is 5.13 Å². The Labute approximate surface area is 118 Å². The van der Waals surface area contributed by atoms with Crippen molar-refractivity contribution in [1.82, 2.24) is 9.88 Å². The Morgan fingerprint density at radius 2 is 1.84 bits per heavy atom. The van der Waals surface area contributed by atoms with Crippen LogP contribution in [0.5, 0.6) is 0 Å². The number of thiazole rings is 1. The molecule has 0 saturated carbocycles. The predicted molar refractivity (Wildman–Crippen MR) is 79.6 cm³/mol. The van der Waals surface area contributed by atoms with Crippen molar-refractivity contribution >= 4 is 22.4 Å². The summed E-state index contributed by atoms with van der Waals surface area (Å²) in [5.74, 6) is -0.894. The van der Waals surface area contributed by atoms with Crippen molar-refractivity contribution in [3.05, 3.63) is 10.6 Å². The van der Waals surface area contributed by atoms with Gasteiger partial charge in [-0.15, -0.1) is 0 Å². The quantitative estimate of drug-likeness (QED) is 0.898. The lowest BCUT2D eigenvalue weighted by Crippen LogP contribution is -2.28. The van der Waals surface area contributed by atoms with Gasteiger partial charge in [-0.3, -0.25) is 0 Å². The summed E-state index contributed by atoms with van der Waals surface area (Å²) in [6.45, 7) is 7.68. The van der Waals surface area contributed by atoms with Crippen LogP contribution in [-0.2, 0) is 5.41 Å². The molecule has 1 aromatic heterocycles. The van der Waals surface area contributed by atoms with Crippen LogP contribution in [0.15, 0.2) is 0 Å². The summed E-state index contributed by atoms with van der Waals surface area (Å²) in [7, 11) is 5.97. The van der Waals surface area contributed by atoms with Gasteiger partial charge in [-0.2, -0.15) is 0 Å². The van der Waals surface area contributed by atoms with Crippen molar-refractivity contribution in [2.45, 2.75) is 26.2 Å². The van der Waals surface area contributed by atoms with E-state index in [9.17, 15) is 9.90 Å². The summed E-state index contributed by atoms with van der Waals surface area (Å²) < 4.78 is 0. The first kappa shape index (κ1) is 15.9. The highest BCUT2D eigenvalue weighted by Gasteiger charge is 2.27. The van der Waals surface area contributed by atoms with E-state index in [2.05, 4.69) is 9.88 Å². The van der Waals surface area contributed by atoms with Gasteiger partial charge in [0.15, 0.2) is 5.13 Å². The van der Waals surface area contributed by atoms with Crippen LogP contribution < -0.4 is 4.90 Å². The predicted octanol–water partition coefficient (Wildman–Crippen LogP) is 2.14. The summed E-state index contributed by atoms with van der Waals surface area (Å²) in [6, 6.07) is 0. The molecule has 0 amide bonds. The summed E-state index contributed by atoms with van der Waals surface area (Å²) in [6.07, 6.45) is 0. The number of anilines is 1. The average Bonchev–Trinajstić information content (AvgIpc) is 2.70. The molecule has 19 heavy (non-hydrogen) atoms. The highest BCUT2D eigenvalue weighted by Crippen LogP contribution is 2.33. The fourth-order valence-corrected chi connectivity index (χ4v) is 2.67. The lowest BCUT2D eigenvalue weighted by Gasteiger charge is -2.19. The molecule has 0 spiro atoms. The maximum atomic E-state index is 11.3. The van der Waals surface area contributed by atoms with Crippen LogP contribution in [-0.4, -0.2) is 55.2 Å². The van der Waals surface area contributed by atoms with Gasteiger partial charge < -0.3 is 14.9 Å². The van der Waals surface area contributed by atoms with E-state index in [-0.39, 0.29) is 5.41 Å². The van der Waals surface area contributed by atoms with E-state index in [4.69, 9.17) is 0 Å². The fourth-order valence-electron chi connectivity index (χ4n) is 1.57. The number of aromatic nitrogens is 1. The van der Waals surface area contributed by atoms with E-state index in [1.807, 2.05) is 46.8 Å². The van der Waals surface area contributed by atoms with E-state index >= 15 is 0 Å².